The van der Waals surface area contributed by atoms with Crippen LogP contribution in [0.5, 0.6) is 0 Å². The van der Waals surface area contributed by atoms with Crippen molar-refractivity contribution in [2.24, 2.45) is 11.3 Å². The van der Waals surface area contributed by atoms with Gasteiger partial charge in [0, 0.05) is 12.8 Å². The fourth-order valence-corrected chi connectivity index (χ4v) is 2.59. The van der Waals surface area contributed by atoms with Crippen LogP contribution in [0.15, 0.2) is 0 Å². The van der Waals surface area contributed by atoms with Gasteiger partial charge in [-0.15, -0.1) is 0 Å². The zero-order valence-corrected chi connectivity index (χ0v) is 8.08. The van der Waals surface area contributed by atoms with E-state index in [1.807, 2.05) is 0 Å². The van der Waals surface area contributed by atoms with Gasteiger partial charge in [0.2, 0.25) is 0 Å². The van der Waals surface area contributed by atoms with Gasteiger partial charge in [0.05, 0.1) is 5.41 Å². The van der Waals surface area contributed by atoms with Crippen LogP contribution in [0.1, 0.15) is 25.7 Å². The van der Waals surface area contributed by atoms with Crippen LogP contribution in [0.25, 0.3) is 0 Å². The SMILES string of the molecule is O=C1CC(C(=O)O)(C2CCCNC2)C1. The molecule has 1 saturated carbocycles. The van der Waals surface area contributed by atoms with Crippen molar-refractivity contribution in [3.8, 4) is 0 Å². The number of piperidine rings is 1. The molecule has 0 aromatic rings. The molecule has 1 unspecified atom stereocenters. The van der Waals surface area contributed by atoms with Gasteiger partial charge in [0.25, 0.3) is 0 Å². The van der Waals surface area contributed by atoms with Crippen molar-refractivity contribution in [3.05, 3.63) is 0 Å². The molecule has 0 spiro atoms. The van der Waals surface area contributed by atoms with Crippen LogP contribution >= 0.6 is 0 Å². The fraction of sp³-hybridized carbons (Fsp3) is 0.800. The third-order valence-corrected chi connectivity index (χ3v) is 3.53. The van der Waals surface area contributed by atoms with Crippen LogP contribution in [0.4, 0.5) is 0 Å². The van der Waals surface area contributed by atoms with Gasteiger partial charge >= 0.3 is 5.97 Å². The predicted octanol–water partition coefficient (Wildman–Crippen LogP) is 0.420. The highest BCUT2D eigenvalue weighted by Crippen LogP contribution is 2.47. The van der Waals surface area contributed by atoms with Gasteiger partial charge in [-0.25, -0.2) is 0 Å². The molecule has 0 amide bonds. The summed E-state index contributed by atoms with van der Waals surface area (Å²) in [6.45, 7) is 1.72. The van der Waals surface area contributed by atoms with E-state index in [0.717, 1.165) is 25.9 Å². The molecule has 78 valence electrons. The molecule has 1 aliphatic heterocycles. The first-order valence-electron chi connectivity index (χ1n) is 5.11. The Balaban J connectivity index is 2.10. The Morgan fingerprint density at radius 2 is 2.21 bits per heavy atom. The van der Waals surface area contributed by atoms with Crippen molar-refractivity contribution in [3.63, 3.8) is 0 Å². The van der Waals surface area contributed by atoms with E-state index in [4.69, 9.17) is 0 Å². The summed E-state index contributed by atoms with van der Waals surface area (Å²) in [6, 6.07) is 0. The number of aliphatic carboxylic acids is 1. The maximum absolute atomic E-state index is 11.2. The Hall–Kier alpha value is -0.900. The normalized spacial score (nSPS) is 30.9. The number of nitrogens with one attached hydrogen (secondary N) is 1. The summed E-state index contributed by atoms with van der Waals surface area (Å²) in [7, 11) is 0. The second-order valence-corrected chi connectivity index (χ2v) is 4.40. The number of carboxylic acid groups (broad SMARTS) is 1. The molecule has 2 fully saturated rings. The van der Waals surface area contributed by atoms with Crippen molar-refractivity contribution in [2.45, 2.75) is 25.7 Å². The van der Waals surface area contributed by atoms with Crippen molar-refractivity contribution >= 4 is 11.8 Å². The molecule has 0 bridgehead atoms. The lowest BCUT2D eigenvalue weighted by Crippen LogP contribution is -2.53. The Morgan fingerprint density at radius 1 is 1.50 bits per heavy atom. The van der Waals surface area contributed by atoms with E-state index >= 15 is 0 Å². The first-order chi connectivity index (χ1) is 6.65. The van der Waals surface area contributed by atoms with E-state index in [-0.39, 0.29) is 24.5 Å². The quantitative estimate of drug-likeness (QED) is 0.673. The molecule has 1 aliphatic carbocycles. The van der Waals surface area contributed by atoms with Crippen molar-refractivity contribution in [1.29, 1.82) is 0 Å². The summed E-state index contributed by atoms with van der Waals surface area (Å²) in [4.78, 5) is 22.1. The lowest BCUT2D eigenvalue weighted by atomic mass is 9.58. The number of hydrogen-bond donors (Lipinski definition) is 2. The number of hydrogen-bond acceptors (Lipinski definition) is 3. The van der Waals surface area contributed by atoms with Crippen LogP contribution < -0.4 is 5.32 Å². The summed E-state index contributed by atoms with van der Waals surface area (Å²) in [6.07, 6.45) is 2.45. The number of carbonyl (C=O) groups is 2. The molecule has 4 nitrogen and oxygen atoms in total. The van der Waals surface area contributed by atoms with E-state index in [9.17, 15) is 14.7 Å². The van der Waals surface area contributed by atoms with Crippen molar-refractivity contribution in [1.82, 2.24) is 5.32 Å². The van der Waals surface area contributed by atoms with E-state index in [1.165, 1.54) is 0 Å². The maximum Gasteiger partial charge on any atom is 0.310 e. The molecular formula is C10H15NO3. The summed E-state index contributed by atoms with van der Waals surface area (Å²) >= 11 is 0. The second-order valence-electron chi connectivity index (χ2n) is 4.40. The smallest absolute Gasteiger partial charge is 0.310 e. The van der Waals surface area contributed by atoms with E-state index in [0.29, 0.717) is 0 Å². The highest BCUT2D eigenvalue weighted by atomic mass is 16.4. The van der Waals surface area contributed by atoms with E-state index in [2.05, 4.69) is 5.32 Å². The third-order valence-electron chi connectivity index (χ3n) is 3.53. The first-order valence-corrected chi connectivity index (χ1v) is 5.11. The minimum atomic E-state index is -0.786. The van der Waals surface area contributed by atoms with Gasteiger partial charge in [-0.05, 0) is 31.8 Å². The average molecular weight is 197 g/mol. The number of rotatable bonds is 2. The molecule has 0 radical (unpaired) electrons. The standard InChI is InChI=1S/C10H15NO3/c12-8-4-10(5-8,9(13)14)7-2-1-3-11-6-7/h7,11H,1-6H2,(H,13,14). The Morgan fingerprint density at radius 3 is 2.64 bits per heavy atom. The van der Waals surface area contributed by atoms with Gasteiger partial charge in [-0.1, -0.05) is 0 Å². The summed E-state index contributed by atoms with van der Waals surface area (Å²) in [5.41, 5.74) is -0.732. The molecule has 1 atom stereocenters. The average Bonchev–Trinajstić information content (AvgIpc) is 2.13. The zero-order chi connectivity index (χ0) is 10.2. The molecule has 4 heteroatoms. The highest BCUT2D eigenvalue weighted by Gasteiger charge is 2.55. The van der Waals surface area contributed by atoms with Gasteiger partial charge < -0.3 is 10.4 Å². The first kappa shape index (κ1) is 9.65. The second kappa shape index (κ2) is 3.35. The molecule has 1 heterocycles. The molecular weight excluding hydrogens is 182 g/mol. The Labute approximate surface area is 82.7 Å². The van der Waals surface area contributed by atoms with Crippen molar-refractivity contribution < 1.29 is 14.7 Å². The summed E-state index contributed by atoms with van der Waals surface area (Å²) in [5.74, 6) is -0.546. The van der Waals surface area contributed by atoms with E-state index in [1.54, 1.807) is 0 Å². The molecule has 2 rings (SSSR count). The number of Topliss-reactive ketones (excluding diaryl/α,β-unsaturated/α-hetero) is 1. The van der Waals surface area contributed by atoms with Crippen LogP contribution in [-0.2, 0) is 9.59 Å². The van der Waals surface area contributed by atoms with Gasteiger partial charge in [-0.3, -0.25) is 9.59 Å². The van der Waals surface area contributed by atoms with Crippen LogP contribution in [0.3, 0.4) is 0 Å². The van der Waals surface area contributed by atoms with E-state index < -0.39 is 11.4 Å². The van der Waals surface area contributed by atoms with Crippen LogP contribution in [-0.4, -0.2) is 29.9 Å². The minimum absolute atomic E-state index is 0.0953. The number of carbonyl (C=O) groups excluding carboxylic acids is 1. The topological polar surface area (TPSA) is 66.4 Å². The minimum Gasteiger partial charge on any atom is -0.481 e. The molecule has 2 N–H and O–H groups in total. The van der Waals surface area contributed by atoms with Gasteiger partial charge in [-0.2, -0.15) is 0 Å². The van der Waals surface area contributed by atoms with Gasteiger partial charge in [0.15, 0.2) is 0 Å². The molecule has 14 heavy (non-hydrogen) atoms. The predicted molar refractivity (Wildman–Crippen MR) is 49.9 cm³/mol. The van der Waals surface area contributed by atoms with Crippen molar-refractivity contribution in [2.75, 3.05) is 13.1 Å². The number of carboxylic acids is 1. The summed E-state index contributed by atoms with van der Waals surface area (Å²) < 4.78 is 0. The summed E-state index contributed by atoms with van der Waals surface area (Å²) in [5, 5.41) is 12.4. The monoisotopic (exact) mass is 197 g/mol. The third kappa shape index (κ3) is 1.34. The molecule has 2 aliphatic rings. The Bertz CT molecular complexity index is 261. The zero-order valence-electron chi connectivity index (χ0n) is 8.08. The van der Waals surface area contributed by atoms with Gasteiger partial charge in [0.1, 0.15) is 5.78 Å². The Kier molecular flexibility index (Phi) is 2.31. The largest absolute Gasteiger partial charge is 0.481 e. The lowest BCUT2D eigenvalue weighted by molar-refractivity contribution is -0.166. The van der Waals surface area contributed by atoms with Crippen LogP contribution in [0, 0.1) is 11.3 Å². The van der Waals surface area contributed by atoms with Crippen LogP contribution in [0.2, 0.25) is 0 Å². The molecule has 0 aromatic carbocycles. The highest BCUT2D eigenvalue weighted by molar-refractivity contribution is 5.97. The fourth-order valence-electron chi connectivity index (χ4n) is 2.59. The number of ketones is 1. The lowest BCUT2D eigenvalue weighted by Gasteiger charge is -2.44. The maximum atomic E-state index is 11.2. The molecule has 0 aromatic heterocycles. The molecule has 1 saturated heterocycles.